The van der Waals surface area contributed by atoms with E-state index in [2.05, 4.69) is 18.1 Å². The van der Waals surface area contributed by atoms with Crippen molar-refractivity contribution in [2.45, 2.75) is 6.04 Å². The monoisotopic (exact) mass is 184 g/mol. The highest BCUT2D eigenvalue weighted by Crippen LogP contribution is 1.92. The number of hydrogen-bond acceptors (Lipinski definition) is 3. The van der Waals surface area contributed by atoms with Crippen molar-refractivity contribution in [2.24, 2.45) is 5.73 Å². The van der Waals surface area contributed by atoms with Gasteiger partial charge < -0.3 is 10.5 Å². The molecule has 1 atom stereocenters. The van der Waals surface area contributed by atoms with Crippen LogP contribution in [-0.2, 0) is 4.74 Å². The third-order valence-electron chi connectivity index (χ3n) is 1.65. The normalized spacial score (nSPS) is 12.8. The first kappa shape index (κ1) is 12.4. The van der Waals surface area contributed by atoms with E-state index in [1.54, 1.807) is 7.11 Å². The fourth-order valence-electron chi connectivity index (χ4n) is 1.19. The second kappa shape index (κ2) is 7.98. The zero-order valence-corrected chi connectivity index (χ0v) is 8.41. The molecule has 0 aromatic rings. The summed E-state index contributed by atoms with van der Waals surface area (Å²) >= 11 is 0. The van der Waals surface area contributed by atoms with Gasteiger partial charge in [-0.3, -0.25) is 4.90 Å². The standard InChI is InChI=1S/C10H20N2O/c1-4-6-12(7-5-2)8-10(11)9-13-3/h4-5,10H,1-2,6-9,11H2,3H3. The molecule has 0 aliphatic rings. The van der Waals surface area contributed by atoms with Crippen molar-refractivity contribution in [1.29, 1.82) is 0 Å². The van der Waals surface area contributed by atoms with Gasteiger partial charge in [-0.1, -0.05) is 12.2 Å². The summed E-state index contributed by atoms with van der Waals surface area (Å²) in [5, 5.41) is 0. The summed E-state index contributed by atoms with van der Waals surface area (Å²) in [6, 6.07) is 0.0601. The molecule has 0 aromatic heterocycles. The maximum atomic E-state index is 5.81. The van der Waals surface area contributed by atoms with Crippen LogP contribution in [0.4, 0.5) is 0 Å². The topological polar surface area (TPSA) is 38.5 Å². The van der Waals surface area contributed by atoms with Gasteiger partial charge in [-0.25, -0.2) is 0 Å². The van der Waals surface area contributed by atoms with Crippen molar-refractivity contribution >= 4 is 0 Å². The predicted molar refractivity (Wildman–Crippen MR) is 56.7 cm³/mol. The molecular weight excluding hydrogens is 164 g/mol. The van der Waals surface area contributed by atoms with Gasteiger partial charge in [-0.2, -0.15) is 0 Å². The Balaban J connectivity index is 3.77. The Morgan fingerprint density at radius 3 is 2.31 bits per heavy atom. The molecule has 0 saturated carbocycles. The number of nitrogens with two attached hydrogens (primary N) is 1. The van der Waals surface area contributed by atoms with Crippen LogP contribution in [0.2, 0.25) is 0 Å². The Morgan fingerprint density at radius 1 is 1.38 bits per heavy atom. The summed E-state index contributed by atoms with van der Waals surface area (Å²) in [4.78, 5) is 2.17. The van der Waals surface area contributed by atoms with Gasteiger partial charge in [-0.15, -0.1) is 13.2 Å². The lowest BCUT2D eigenvalue weighted by atomic mass is 10.3. The number of rotatable bonds is 8. The molecule has 0 bridgehead atoms. The molecule has 0 spiro atoms. The van der Waals surface area contributed by atoms with Crippen molar-refractivity contribution in [2.75, 3.05) is 33.4 Å². The lowest BCUT2D eigenvalue weighted by molar-refractivity contribution is 0.161. The van der Waals surface area contributed by atoms with Crippen LogP contribution in [0.15, 0.2) is 25.3 Å². The zero-order chi connectivity index (χ0) is 10.1. The van der Waals surface area contributed by atoms with E-state index in [1.807, 2.05) is 12.2 Å². The summed E-state index contributed by atoms with van der Waals surface area (Å²) in [5.74, 6) is 0. The van der Waals surface area contributed by atoms with Crippen LogP contribution in [-0.4, -0.2) is 44.3 Å². The molecule has 0 aliphatic heterocycles. The van der Waals surface area contributed by atoms with Crippen molar-refractivity contribution in [3.8, 4) is 0 Å². The van der Waals surface area contributed by atoms with Crippen LogP contribution >= 0.6 is 0 Å². The molecule has 3 heteroatoms. The fraction of sp³-hybridized carbons (Fsp3) is 0.600. The molecule has 0 amide bonds. The van der Waals surface area contributed by atoms with Crippen LogP contribution < -0.4 is 5.73 Å². The van der Waals surface area contributed by atoms with Crippen LogP contribution in [0.25, 0.3) is 0 Å². The first-order valence-corrected chi connectivity index (χ1v) is 4.43. The average Bonchev–Trinajstić information content (AvgIpc) is 2.05. The number of nitrogens with zero attached hydrogens (tertiary/aromatic N) is 1. The highest BCUT2D eigenvalue weighted by atomic mass is 16.5. The van der Waals surface area contributed by atoms with E-state index in [4.69, 9.17) is 10.5 Å². The Labute approximate surface area is 80.9 Å². The summed E-state index contributed by atoms with van der Waals surface area (Å²) in [7, 11) is 1.66. The summed E-state index contributed by atoms with van der Waals surface area (Å²) in [6.07, 6.45) is 3.73. The summed E-state index contributed by atoms with van der Waals surface area (Å²) in [6.45, 7) is 10.4. The Kier molecular flexibility index (Phi) is 7.59. The highest BCUT2D eigenvalue weighted by molar-refractivity contribution is 4.81. The molecule has 0 heterocycles. The molecule has 0 fully saturated rings. The predicted octanol–water partition coefficient (Wildman–Crippen LogP) is 0.634. The van der Waals surface area contributed by atoms with E-state index in [-0.39, 0.29) is 6.04 Å². The lowest BCUT2D eigenvalue weighted by Gasteiger charge is -2.22. The molecule has 0 rings (SSSR count). The lowest BCUT2D eigenvalue weighted by Crippen LogP contribution is -2.40. The molecule has 0 radical (unpaired) electrons. The van der Waals surface area contributed by atoms with E-state index in [0.717, 1.165) is 19.6 Å². The van der Waals surface area contributed by atoms with Crippen molar-refractivity contribution < 1.29 is 4.74 Å². The Morgan fingerprint density at radius 2 is 1.92 bits per heavy atom. The number of hydrogen-bond donors (Lipinski definition) is 1. The quantitative estimate of drug-likeness (QED) is 0.562. The van der Waals surface area contributed by atoms with Crippen molar-refractivity contribution in [1.82, 2.24) is 4.90 Å². The van der Waals surface area contributed by atoms with Gasteiger partial charge in [0.1, 0.15) is 0 Å². The van der Waals surface area contributed by atoms with Gasteiger partial charge >= 0.3 is 0 Å². The minimum atomic E-state index is 0.0601. The Hall–Kier alpha value is -0.640. The third kappa shape index (κ3) is 6.51. The van der Waals surface area contributed by atoms with Crippen LogP contribution in [0.1, 0.15) is 0 Å². The second-order valence-electron chi connectivity index (χ2n) is 3.01. The van der Waals surface area contributed by atoms with Crippen molar-refractivity contribution in [3.63, 3.8) is 0 Å². The SMILES string of the molecule is C=CCN(CC=C)CC(N)COC. The average molecular weight is 184 g/mol. The van der Waals surface area contributed by atoms with E-state index in [1.165, 1.54) is 0 Å². The molecule has 3 nitrogen and oxygen atoms in total. The molecule has 13 heavy (non-hydrogen) atoms. The van der Waals surface area contributed by atoms with Crippen LogP contribution in [0.5, 0.6) is 0 Å². The molecule has 0 aliphatic carbocycles. The highest BCUT2D eigenvalue weighted by Gasteiger charge is 2.07. The number of ether oxygens (including phenoxy) is 1. The van der Waals surface area contributed by atoms with Gasteiger partial charge in [0.15, 0.2) is 0 Å². The molecule has 1 unspecified atom stereocenters. The first-order chi connectivity index (χ1) is 6.24. The van der Waals surface area contributed by atoms with Gasteiger partial charge in [0, 0.05) is 32.8 Å². The van der Waals surface area contributed by atoms with Gasteiger partial charge in [0.05, 0.1) is 6.61 Å². The summed E-state index contributed by atoms with van der Waals surface area (Å²) in [5.41, 5.74) is 5.81. The van der Waals surface area contributed by atoms with Crippen molar-refractivity contribution in [3.05, 3.63) is 25.3 Å². The molecule has 76 valence electrons. The molecular formula is C10H20N2O. The van der Waals surface area contributed by atoms with E-state index in [9.17, 15) is 0 Å². The maximum Gasteiger partial charge on any atom is 0.0626 e. The Bertz CT molecular complexity index is 138. The fourth-order valence-corrected chi connectivity index (χ4v) is 1.19. The molecule has 0 saturated heterocycles. The third-order valence-corrected chi connectivity index (χ3v) is 1.65. The largest absolute Gasteiger partial charge is 0.383 e. The molecule has 0 aromatic carbocycles. The molecule has 2 N–H and O–H groups in total. The number of methoxy groups -OCH3 is 1. The first-order valence-electron chi connectivity index (χ1n) is 4.43. The van der Waals surface area contributed by atoms with E-state index < -0.39 is 0 Å². The summed E-state index contributed by atoms with van der Waals surface area (Å²) < 4.78 is 4.96. The smallest absolute Gasteiger partial charge is 0.0626 e. The van der Waals surface area contributed by atoms with Gasteiger partial charge in [0.2, 0.25) is 0 Å². The zero-order valence-electron chi connectivity index (χ0n) is 8.41. The maximum absolute atomic E-state index is 5.81. The van der Waals surface area contributed by atoms with E-state index >= 15 is 0 Å². The van der Waals surface area contributed by atoms with E-state index in [0.29, 0.717) is 6.61 Å². The van der Waals surface area contributed by atoms with Gasteiger partial charge in [-0.05, 0) is 0 Å². The minimum Gasteiger partial charge on any atom is -0.383 e. The van der Waals surface area contributed by atoms with Crippen LogP contribution in [0.3, 0.4) is 0 Å². The van der Waals surface area contributed by atoms with Crippen LogP contribution in [0, 0.1) is 0 Å². The second-order valence-corrected chi connectivity index (χ2v) is 3.01. The van der Waals surface area contributed by atoms with Gasteiger partial charge in [0.25, 0.3) is 0 Å². The minimum absolute atomic E-state index is 0.0601.